The average Bonchev–Trinajstić information content (AvgIpc) is 3.00. The van der Waals surface area contributed by atoms with Crippen LogP contribution in [0.2, 0.25) is 0 Å². The monoisotopic (exact) mass is 493 g/mol. The summed E-state index contributed by atoms with van der Waals surface area (Å²) >= 11 is 4.63. The van der Waals surface area contributed by atoms with Gasteiger partial charge in [0.05, 0.1) is 8.66 Å². The lowest BCUT2D eigenvalue weighted by Crippen LogP contribution is -2.52. The molecule has 1 aliphatic rings. The molecule has 0 aliphatic carbocycles. The highest BCUT2D eigenvalue weighted by molar-refractivity contribution is 9.11. The van der Waals surface area contributed by atoms with Crippen molar-refractivity contribution in [1.29, 1.82) is 0 Å². The number of aryl methyl sites for hydroxylation is 1. The number of ether oxygens (including phenoxy) is 1. The van der Waals surface area contributed by atoms with Crippen molar-refractivity contribution in [2.45, 2.75) is 32.7 Å². The molecule has 1 aliphatic heterocycles. The molecule has 3 rings (SSSR count). The second kappa shape index (κ2) is 9.28. The Balaban J connectivity index is 1.69. The summed E-state index contributed by atoms with van der Waals surface area (Å²) in [6.45, 7) is 6.44. The maximum Gasteiger partial charge on any atom is 0.262 e. The zero-order chi connectivity index (χ0) is 21.9. The van der Waals surface area contributed by atoms with Crippen molar-refractivity contribution < 1.29 is 19.1 Å². The summed E-state index contributed by atoms with van der Waals surface area (Å²) in [7, 11) is 0. The largest absolute Gasteiger partial charge is 0.372 e. The van der Waals surface area contributed by atoms with Crippen molar-refractivity contribution in [1.82, 2.24) is 5.32 Å². The Hall–Kier alpha value is -2.23. The first kappa shape index (κ1) is 22.5. The van der Waals surface area contributed by atoms with E-state index >= 15 is 0 Å². The highest BCUT2D eigenvalue weighted by atomic mass is 79.9. The van der Waals surface area contributed by atoms with E-state index in [9.17, 15) is 14.4 Å². The van der Waals surface area contributed by atoms with Gasteiger partial charge in [-0.1, -0.05) is 0 Å². The molecule has 0 spiro atoms. The molecule has 0 unspecified atom stereocenters. The van der Waals surface area contributed by atoms with E-state index in [1.165, 1.54) is 11.3 Å². The molecule has 3 amide bonds. The smallest absolute Gasteiger partial charge is 0.262 e. The lowest BCUT2D eigenvalue weighted by molar-refractivity contribution is -0.122. The van der Waals surface area contributed by atoms with Crippen LogP contribution in [0.15, 0.2) is 34.1 Å². The van der Waals surface area contributed by atoms with Crippen molar-refractivity contribution >= 4 is 56.4 Å². The Morgan fingerprint density at radius 3 is 2.67 bits per heavy atom. The van der Waals surface area contributed by atoms with Crippen molar-refractivity contribution in [3.63, 3.8) is 0 Å². The number of hydrogen-bond donors (Lipinski definition) is 2. The number of rotatable bonds is 5. The molecule has 2 heterocycles. The van der Waals surface area contributed by atoms with E-state index in [1.807, 2.05) is 19.1 Å². The fourth-order valence-electron chi connectivity index (χ4n) is 3.10. The number of thiophene rings is 1. The summed E-state index contributed by atoms with van der Waals surface area (Å²) in [5, 5.41) is 5.62. The highest BCUT2D eigenvalue weighted by Gasteiger charge is 2.30. The van der Waals surface area contributed by atoms with Crippen molar-refractivity contribution in [3.8, 4) is 0 Å². The molecule has 160 valence electrons. The first-order valence-electron chi connectivity index (χ1n) is 9.55. The number of anilines is 2. The van der Waals surface area contributed by atoms with Gasteiger partial charge in [-0.25, -0.2) is 0 Å². The number of hydrogen-bond acceptors (Lipinski definition) is 5. The van der Waals surface area contributed by atoms with Crippen molar-refractivity contribution in [2.24, 2.45) is 0 Å². The van der Waals surface area contributed by atoms with Gasteiger partial charge in [0.15, 0.2) is 0 Å². The van der Waals surface area contributed by atoms with Gasteiger partial charge in [-0.05, 0) is 79.0 Å². The minimum absolute atomic E-state index is 0.0727. The summed E-state index contributed by atoms with van der Waals surface area (Å²) < 4.78 is 6.14. The molecule has 0 radical (unpaired) electrons. The van der Waals surface area contributed by atoms with Gasteiger partial charge in [0.1, 0.15) is 12.1 Å². The van der Waals surface area contributed by atoms with Crippen LogP contribution in [0.25, 0.3) is 0 Å². The first-order valence-corrected chi connectivity index (χ1v) is 11.2. The average molecular weight is 494 g/mol. The van der Waals surface area contributed by atoms with Gasteiger partial charge in [-0.2, -0.15) is 0 Å². The van der Waals surface area contributed by atoms with Gasteiger partial charge in [0.2, 0.25) is 5.91 Å². The van der Waals surface area contributed by atoms with Gasteiger partial charge in [-0.3, -0.25) is 14.4 Å². The first-order chi connectivity index (χ1) is 14.2. The quantitative estimate of drug-likeness (QED) is 0.664. The van der Waals surface area contributed by atoms with Crippen LogP contribution >= 0.6 is 27.3 Å². The zero-order valence-corrected chi connectivity index (χ0v) is 19.5. The van der Waals surface area contributed by atoms with Crippen LogP contribution in [0.1, 0.15) is 35.5 Å². The molecule has 7 nitrogen and oxygen atoms in total. The van der Waals surface area contributed by atoms with Gasteiger partial charge >= 0.3 is 0 Å². The van der Waals surface area contributed by atoms with E-state index in [0.29, 0.717) is 23.7 Å². The number of carbonyl (C=O) groups excluding carboxylic acids is 3. The SMILES string of the molecule is Cc1cc(NC(=O)C(C)(C)NC(=O)c2ccc(Br)s2)ccc1N1CCCOCC1=O. The number of nitrogens with zero attached hydrogens (tertiary/aromatic N) is 1. The molecule has 0 saturated carbocycles. The summed E-state index contributed by atoms with van der Waals surface area (Å²) in [4.78, 5) is 39.7. The lowest BCUT2D eigenvalue weighted by Gasteiger charge is -2.26. The molecule has 1 aromatic heterocycles. The number of nitrogens with one attached hydrogen (secondary N) is 2. The molecular weight excluding hydrogens is 470 g/mol. The summed E-state index contributed by atoms with van der Waals surface area (Å²) in [6, 6.07) is 8.89. The Morgan fingerprint density at radius 2 is 2.00 bits per heavy atom. The van der Waals surface area contributed by atoms with Crippen LogP contribution in [0.3, 0.4) is 0 Å². The minimum atomic E-state index is -1.11. The zero-order valence-electron chi connectivity index (χ0n) is 17.1. The number of amides is 3. The molecule has 1 aromatic carbocycles. The Kier molecular flexibility index (Phi) is 6.95. The fourth-order valence-corrected chi connectivity index (χ4v) is 4.38. The molecule has 1 fully saturated rings. The van der Waals surface area contributed by atoms with E-state index < -0.39 is 5.54 Å². The summed E-state index contributed by atoms with van der Waals surface area (Å²) in [5.41, 5.74) is 1.16. The Bertz CT molecular complexity index is 973. The van der Waals surface area contributed by atoms with Crippen LogP contribution in [0.5, 0.6) is 0 Å². The minimum Gasteiger partial charge on any atom is -0.372 e. The predicted molar refractivity (Wildman–Crippen MR) is 121 cm³/mol. The third-order valence-electron chi connectivity index (χ3n) is 4.73. The van der Waals surface area contributed by atoms with Gasteiger partial charge in [0.25, 0.3) is 11.8 Å². The van der Waals surface area contributed by atoms with E-state index in [-0.39, 0.29) is 24.3 Å². The molecule has 1 saturated heterocycles. The Labute approximate surface area is 187 Å². The van der Waals surface area contributed by atoms with Gasteiger partial charge in [0, 0.05) is 24.5 Å². The molecule has 0 bridgehead atoms. The van der Waals surface area contributed by atoms with Crippen LogP contribution in [-0.4, -0.2) is 43.0 Å². The topological polar surface area (TPSA) is 87.7 Å². The molecule has 30 heavy (non-hydrogen) atoms. The van der Waals surface area contributed by atoms with Crippen LogP contribution < -0.4 is 15.5 Å². The van der Waals surface area contributed by atoms with Gasteiger partial charge < -0.3 is 20.3 Å². The maximum atomic E-state index is 12.8. The number of benzene rings is 1. The van der Waals surface area contributed by atoms with Crippen LogP contribution in [0.4, 0.5) is 11.4 Å². The maximum absolute atomic E-state index is 12.8. The molecule has 9 heteroatoms. The second-order valence-corrected chi connectivity index (χ2v) is 10.1. The van der Waals surface area contributed by atoms with Crippen molar-refractivity contribution in [3.05, 3.63) is 44.6 Å². The van der Waals surface area contributed by atoms with Crippen molar-refractivity contribution in [2.75, 3.05) is 30.0 Å². The summed E-state index contributed by atoms with van der Waals surface area (Å²) in [6.07, 6.45) is 0.776. The third kappa shape index (κ3) is 5.27. The third-order valence-corrected chi connectivity index (χ3v) is 6.36. The van der Waals surface area contributed by atoms with E-state index in [0.717, 1.165) is 21.5 Å². The molecule has 2 N–H and O–H groups in total. The molecular formula is C21H24BrN3O4S. The standard InChI is InChI=1S/C21H24BrN3O4S/c1-13-11-14(5-6-15(13)25-9-4-10-29-12-18(25)26)23-20(28)21(2,3)24-19(27)16-7-8-17(22)30-16/h5-8,11H,4,9-10,12H2,1-3H3,(H,23,28)(H,24,27). The van der Waals surface area contributed by atoms with Crippen LogP contribution in [0, 0.1) is 6.92 Å². The second-order valence-electron chi connectivity index (χ2n) is 7.59. The predicted octanol–water partition coefficient (Wildman–Crippen LogP) is 3.72. The van der Waals surface area contributed by atoms with E-state index in [2.05, 4.69) is 26.6 Å². The fraction of sp³-hybridized carbons (Fsp3) is 0.381. The Morgan fingerprint density at radius 1 is 1.23 bits per heavy atom. The number of carbonyl (C=O) groups is 3. The van der Waals surface area contributed by atoms with E-state index in [1.54, 1.807) is 36.9 Å². The normalized spacial score (nSPS) is 14.9. The highest BCUT2D eigenvalue weighted by Crippen LogP contribution is 2.26. The molecule has 0 atom stereocenters. The van der Waals surface area contributed by atoms with E-state index in [4.69, 9.17) is 4.74 Å². The number of halogens is 1. The lowest BCUT2D eigenvalue weighted by atomic mass is 10.0. The summed E-state index contributed by atoms with van der Waals surface area (Å²) in [5.74, 6) is -0.714. The molecule has 2 aromatic rings. The van der Waals surface area contributed by atoms with Crippen LogP contribution in [-0.2, 0) is 14.3 Å². The van der Waals surface area contributed by atoms with Gasteiger partial charge in [-0.15, -0.1) is 11.3 Å².